The number of aromatic nitrogens is 5. The maximum atomic E-state index is 5.79. The highest BCUT2D eigenvalue weighted by molar-refractivity contribution is 5.56. The molecule has 2 N–H and O–H groups in total. The van der Waals surface area contributed by atoms with E-state index in [1.54, 1.807) is 6.20 Å². The van der Waals surface area contributed by atoms with Crippen molar-refractivity contribution >= 4 is 11.9 Å². The van der Waals surface area contributed by atoms with Gasteiger partial charge in [0.15, 0.2) is 5.82 Å². The Labute approximate surface area is 111 Å². The molecule has 0 unspecified atom stereocenters. The molecule has 0 aromatic carbocycles. The first-order valence-corrected chi connectivity index (χ1v) is 6.55. The average molecular weight is 259 g/mol. The minimum Gasteiger partial charge on any atom is -0.368 e. The van der Waals surface area contributed by atoms with Gasteiger partial charge < -0.3 is 10.6 Å². The van der Waals surface area contributed by atoms with Crippen LogP contribution in [0, 0.1) is 0 Å². The highest BCUT2D eigenvalue weighted by atomic mass is 15.3. The highest BCUT2D eigenvalue weighted by Gasteiger charge is 2.17. The summed E-state index contributed by atoms with van der Waals surface area (Å²) < 4.78 is 1.84. The molecular weight excluding hydrogens is 242 g/mol. The van der Waals surface area contributed by atoms with Crippen molar-refractivity contribution in [2.45, 2.75) is 26.3 Å². The van der Waals surface area contributed by atoms with Crippen molar-refractivity contribution < 1.29 is 0 Å². The van der Waals surface area contributed by atoms with Gasteiger partial charge in [0.2, 0.25) is 11.9 Å². The third-order valence-electron chi connectivity index (χ3n) is 3.25. The molecule has 0 atom stereocenters. The molecule has 1 saturated heterocycles. The number of aryl methyl sites for hydroxylation is 1. The fourth-order valence-electron chi connectivity index (χ4n) is 2.22. The summed E-state index contributed by atoms with van der Waals surface area (Å²) in [7, 11) is 0. The van der Waals surface area contributed by atoms with Crippen molar-refractivity contribution in [3.8, 4) is 11.4 Å². The zero-order chi connectivity index (χ0) is 13.2. The second-order valence-electron chi connectivity index (χ2n) is 4.60. The van der Waals surface area contributed by atoms with Gasteiger partial charge in [-0.05, 0) is 19.8 Å². The van der Waals surface area contributed by atoms with E-state index in [2.05, 4.69) is 25.0 Å². The number of nitrogens with two attached hydrogens (primary N) is 1. The first-order chi connectivity index (χ1) is 9.26. The Morgan fingerprint density at radius 1 is 1.21 bits per heavy atom. The molecule has 3 rings (SSSR count). The molecule has 1 fully saturated rings. The summed E-state index contributed by atoms with van der Waals surface area (Å²) >= 11 is 0. The zero-order valence-corrected chi connectivity index (χ0v) is 11.0. The van der Waals surface area contributed by atoms with E-state index in [1.807, 2.05) is 17.8 Å². The standard InChI is InChI=1S/C12H17N7/c1-2-19-8-9(7-14-19)10-15-11(13)17-12(16-10)18-5-3-4-6-18/h7-8H,2-6H2,1H3,(H2,13,15,16,17). The molecular formula is C12H17N7. The number of nitrogen functional groups attached to an aromatic ring is 1. The van der Waals surface area contributed by atoms with Crippen molar-refractivity contribution in [2.24, 2.45) is 0 Å². The van der Waals surface area contributed by atoms with Gasteiger partial charge in [0.05, 0.1) is 11.8 Å². The topological polar surface area (TPSA) is 85.8 Å². The summed E-state index contributed by atoms with van der Waals surface area (Å²) in [4.78, 5) is 15.1. The van der Waals surface area contributed by atoms with E-state index in [4.69, 9.17) is 5.73 Å². The fraction of sp³-hybridized carbons (Fsp3) is 0.500. The Kier molecular flexibility index (Phi) is 3.02. The van der Waals surface area contributed by atoms with Crippen LogP contribution < -0.4 is 10.6 Å². The number of hydrogen-bond acceptors (Lipinski definition) is 6. The zero-order valence-electron chi connectivity index (χ0n) is 11.0. The van der Waals surface area contributed by atoms with Gasteiger partial charge in [0.25, 0.3) is 0 Å². The van der Waals surface area contributed by atoms with Crippen LogP contribution in [0.3, 0.4) is 0 Å². The molecule has 3 heterocycles. The van der Waals surface area contributed by atoms with Crippen LogP contribution in [0.25, 0.3) is 11.4 Å². The lowest BCUT2D eigenvalue weighted by atomic mass is 10.3. The van der Waals surface area contributed by atoms with Crippen LogP contribution in [-0.4, -0.2) is 37.8 Å². The van der Waals surface area contributed by atoms with Crippen LogP contribution in [-0.2, 0) is 6.54 Å². The predicted octanol–water partition coefficient (Wildman–Crippen LogP) is 0.937. The van der Waals surface area contributed by atoms with Gasteiger partial charge in [-0.3, -0.25) is 4.68 Å². The van der Waals surface area contributed by atoms with Crippen LogP contribution in [0.5, 0.6) is 0 Å². The first-order valence-electron chi connectivity index (χ1n) is 6.55. The number of hydrogen-bond donors (Lipinski definition) is 1. The van der Waals surface area contributed by atoms with E-state index in [-0.39, 0.29) is 5.95 Å². The Balaban J connectivity index is 1.96. The minimum absolute atomic E-state index is 0.260. The molecule has 19 heavy (non-hydrogen) atoms. The summed E-state index contributed by atoms with van der Waals surface area (Å²) in [6.07, 6.45) is 6.03. The largest absolute Gasteiger partial charge is 0.368 e. The molecule has 0 aliphatic carbocycles. The van der Waals surface area contributed by atoms with Gasteiger partial charge >= 0.3 is 0 Å². The second kappa shape index (κ2) is 4.83. The number of nitrogens with zero attached hydrogens (tertiary/aromatic N) is 6. The summed E-state index contributed by atoms with van der Waals surface area (Å²) in [5, 5.41) is 4.23. The second-order valence-corrected chi connectivity index (χ2v) is 4.60. The minimum atomic E-state index is 0.260. The van der Waals surface area contributed by atoms with Crippen LogP contribution in [0.1, 0.15) is 19.8 Å². The van der Waals surface area contributed by atoms with Crippen molar-refractivity contribution in [1.29, 1.82) is 0 Å². The summed E-state index contributed by atoms with van der Waals surface area (Å²) in [6, 6.07) is 0. The molecule has 0 saturated carbocycles. The number of rotatable bonds is 3. The lowest BCUT2D eigenvalue weighted by Crippen LogP contribution is -2.21. The highest BCUT2D eigenvalue weighted by Crippen LogP contribution is 2.20. The Bertz CT molecular complexity index is 571. The van der Waals surface area contributed by atoms with E-state index in [0.29, 0.717) is 11.8 Å². The third-order valence-corrected chi connectivity index (χ3v) is 3.25. The lowest BCUT2D eigenvalue weighted by molar-refractivity contribution is 0.660. The van der Waals surface area contributed by atoms with Gasteiger partial charge in [-0.15, -0.1) is 0 Å². The van der Waals surface area contributed by atoms with E-state index in [0.717, 1.165) is 25.2 Å². The maximum Gasteiger partial charge on any atom is 0.230 e. The molecule has 0 radical (unpaired) electrons. The summed E-state index contributed by atoms with van der Waals surface area (Å²) in [5.74, 6) is 1.52. The van der Waals surface area contributed by atoms with Crippen molar-refractivity contribution in [1.82, 2.24) is 24.7 Å². The van der Waals surface area contributed by atoms with Crippen LogP contribution in [0.15, 0.2) is 12.4 Å². The molecule has 7 nitrogen and oxygen atoms in total. The summed E-state index contributed by atoms with van der Waals surface area (Å²) in [6.45, 7) is 4.82. The molecule has 100 valence electrons. The van der Waals surface area contributed by atoms with E-state index < -0.39 is 0 Å². The molecule has 2 aromatic rings. The van der Waals surface area contributed by atoms with Gasteiger partial charge in [0, 0.05) is 25.8 Å². The first kappa shape index (κ1) is 11.9. The van der Waals surface area contributed by atoms with Crippen LogP contribution >= 0.6 is 0 Å². The normalized spacial score (nSPS) is 15.1. The Morgan fingerprint density at radius 2 is 2.00 bits per heavy atom. The predicted molar refractivity (Wildman–Crippen MR) is 72.6 cm³/mol. The monoisotopic (exact) mass is 259 g/mol. The quantitative estimate of drug-likeness (QED) is 0.882. The van der Waals surface area contributed by atoms with Crippen molar-refractivity contribution in [2.75, 3.05) is 23.7 Å². The Hall–Kier alpha value is -2.18. The maximum absolute atomic E-state index is 5.79. The molecule has 0 amide bonds. The third kappa shape index (κ3) is 2.35. The molecule has 1 aliphatic heterocycles. The molecule has 0 bridgehead atoms. The van der Waals surface area contributed by atoms with E-state index in [9.17, 15) is 0 Å². The van der Waals surface area contributed by atoms with Crippen LogP contribution in [0.2, 0.25) is 0 Å². The smallest absolute Gasteiger partial charge is 0.230 e. The van der Waals surface area contributed by atoms with E-state index >= 15 is 0 Å². The van der Waals surface area contributed by atoms with Gasteiger partial charge in [-0.1, -0.05) is 0 Å². The van der Waals surface area contributed by atoms with Gasteiger partial charge in [-0.25, -0.2) is 0 Å². The molecule has 2 aromatic heterocycles. The fourth-order valence-corrected chi connectivity index (χ4v) is 2.22. The molecule has 7 heteroatoms. The van der Waals surface area contributed by atoms with Crippen LogP contribution in [0.4, 0.5) is 11.9 Å². The SMILES string of the molecule is CCn1cc(-c2nc(N)nc(N3CCCC3)n2)cn1. The molecule has 1 aliphatic rings. The average Bonchev–Trinajstić information content (AvgIpc) is 3.09. The Morgan fingerprint density at radius 3 is 2.68 bits per heavy atom. The van der Waals surface area contributed by atoms with Gasteiger partial charge in [0.1, 0.15) is 0 Å². The van der Waals surface area contributed by atoms with E-state index in [1.165, 1.54) is 12.8 Å². The number of anilines is 2. The summed E-state index contributed by atoms with van der Waals surface area (Å²) in [5.41, 5.74) is 6.66. The van der Waals surface area contributed by atoms with Crippen molar-refractivity contribution in [3.63, 3.8) is 0 Å². The molecule has 0 spiro atoms. The lowest BCUT2D eigenvalue weighted by Gasteiger charge is -2.15. The van der Waals surface area contributed by atoms with Gasteiger partial charge in [-0.2, -0.15) is 20.1 Å². The van der Waals surface area contributed by atoms with Crippen molar-refractivity contribution in [3.05, 3.63) is 12.4 Å².